The predicted molar refractivity (Wildman–Crippen MR) is 162 cm³/mol. The smallest absolute Gasteiger partial charge is 0.307 e. The first-order valence-corrected chi connectivity index (χ1v) is 15.3. The molecule has 11 heteroatoms. The number of hydrogen-bond acceptors (Lipinski definition) is 6. The fourth-order valence-corrected chi connectivity index (χ4v) is 6.05. The molecule has 0 aromatic heterocycles. The van der Waals surface area contributed by atoms with Crippen molar-refractivity contribution in [3.05, 3.63) is 0 Å². The Kier molecular flexibility index (Phi) is 13.5. The summed E-state index contributed by atoms with van der Waals surface area (Å²) in [5, 5.41) is 25.8. The predicted octanol–water partition coefficient (Wildman–Crippen LogP) is 3.98. The lowest BCUT2D eigenvalue weighted by Gasteiger charge is -2.49. The Bertz CT molecular complexity index is 925. The van der Waals surface area contributed by atoms with Crippen LogP contribution in [0.1, 0.15) is 93.4 Å². The first-order valence-electron chi connectivity index (χ1n) is 14.2. The molecule has 4 unspecified atom stereocenters. The Balaban J connectivity index is 3.21. The van der Waals surface area contributed by atoms with Crippen LogP contribution < -0.4 is 16.4 Å². The number of nitrogens with one attached hydrogen (secondary N) is 2. The van der Waals surface area contributed by atoms with Gasteiger partial charge < -0.3 is 26.6 Å². The van der Waals surface area contributed by atoms with Gasteiger partial charge in [-0.05, 0) is 61.3 Å². The third-order valence-electron chi connectivity index (χ3n) is 9.11. The summed E-state index contributed by atoms with van der Waals surface area (Å²) in [5.74, 6) is -6.52. The van der Waals surface area contributed by atoms with Crippen molar-refractivity contribution in [2.45, 2.75) is 99.5 Å². The molecule has 4 atom stereocenters. The molecule has 2 amide bonds. The Hall–Kier alpha value is -1.76. The quantitative estimate of drug-likeness (QED) is 0.113. The molecule has 1 rings (SSSR count). The van der Waals surface area contributed by atoms with E-state index in [1.165, 1.54) is 0 Å². The van der Waals surface area contributed by atoms with Crippen LogP contribution in [0.2, 0.25) is 0 Å². The number of hydrogen-bond donors (Lipinski definition) is 5. The van der Waals surface area contributed by atoms with Gasteiger partial charge in [0.2, 0.25) is 15.6 Å². The molecule has 0 radical (unpaired) electrons. The molecule has 1 aliphatic rings. The van der Waals surface area contributed by atoms with Crippen molar-refractivity contribution < 1.29 is 34.2 Å². The molecule has 0 saturated heterocycles. The highest BCUT2D eigenvalue weighted by Crippen LogP contribution is 2.51. The van der Waals surface area contributed by atoms with Crippen LogP contribution in [0.3, 0.4) is 0 Å². The van der Waals surface area contributed by atoms with Crippen LogP contribution >= 0.6 is 22.6 Å². The second-order valence-corrected chi connectivity index (χ2v) is 14.7. The summed E-state index contributed by atoms with van der Waals surface area (Å²) in [6.07, 6.45) is 4.13. The van der Waals surface area contributed by atoms with Crippen molar-refractivity contribution in [3.63, 3.8) is 0 Å². The summed E-state index contributed by atoms with van der Waals surface area (Å²) in [6.45, 7) is 13.2. The minimum Gasteiger partial charge on any atom is -0.481 e. The number of carboxylic acid groups (broad SMARTS) is 2. The van der Waals surface area contributed by atoms with Crippen LogP contribution in [0.5, 0.6) is 0 Å². The molecule has 0 bridgehead atoms. The van der Waals surface area contributed by atoms with E-state index < -0.39 is 57.8 Å². The monoisotopic (exact) mass is 679 g/mol. The van der Waals surface area contributed by atoms with Gasteiger partial charge in [-0.3, -0.25) is 24.0 Å². The van der Waals surface area contributed by atoms with Gasteiger partial charge in [0.25, 0.3) is 0 Å². The average Bonchev–Trinajstić information content (AvgIpc) is 2.77. The highest BCUT2D eigenvalue weighted by atomic mass is 127. The molecule has 0 aromatic rings. The molecule has 0 aromatic carbocycles. The summed E-state index contributed by atoms with van der Waals surface area (Å²) in [6, 6.07) is 0.0560. The number of rotatable bonds is 17. The van der Waals surface area contributed by atoms with Gasteiger partial charge >= 0.3 is 11.9 Å². The summed E-state index contributed by atoms with van der Waals surface area (Å²) >= 11 is 1.58. The number of halogens is 1. The molecule has 1 fully saturated rings. The standard InChI is InChI=1S/C29H50IN3O7/c1-27(2,3)21(23(35)32-16-20(30)34)18(25(37)38)12-9-14-28(4,5)29(6,7)22(19(13-15-31)26(39)40)24(36)33-17-10-8-11-17/h17-19,21-22H,8-16,31H2,1-7H3,(H,32,35)(H,33,36)(H,37,38)(H,39,40). The third-order valence-corrected chi connectivity index (χ3v) is 9.49. The second-order valence-electron chi connectivity index (χ2n) is 13.5. The molecule has 1 saturated carbocycles. The van der Waals surface area contributed by atoms with Crippen LogP contribution in [0.15, 0.2) is 0 Å². The van der Waals surface area contributed by atoms with Crippen LogP contribution in [-0.2, 0) is 24.0 Å². The maximum atomic E-state index is 13.6. The van der Waals surface area contributed by atoms with E-state index in [-0.39, 0.29) is 41.7 Å². The van der Waals surface area contributed by atoms with Crippen molar-refractivity contribution in [1.29, 1.82) is 0 Å². The Morgan fingerprint density at radius 3 is 1.80 bits per heavy atom. The van der Waals surface area contributed by atoms with Gasteiger partial charge in [0.15, 0.2) is 0 Å². The fraction of sp³-hybridized carbons (Fsp3) is 0.828. The molecule has 10 nitrogen and oxygen atoms in total. The summed E-state index contributed by atoms with van der Waals surface area (Å²) in [7, 11) is 0. The summed E-state index contributed by atoms with van der Waals surface area (Å²) < 4.78 is -0.250. The molecule has 0 heterocycles. The SMILES string of the molecule is CC(C)(C)C(C(=O)NCC(=O)I)C(CCCC(C)(C)C(C)(C)C(C(=O)NC1CCC1)C(CCN)C(=O)O)C(=O)O. The molecule has 230 valence electrons. The minimum absolute atomic E-state index is 0.0560. The normalized spacial score (nSPS) is 17.6. The first-order chi connectivity index (χ1) is 18.3. The van der Waals surface area contributed by atoms with Crippen molar-refractivity contribution in [1.82, 2.24) is 10.6 Å². The maximum Gasteiger partial charge on any atom is 0.307 e. The summed E-state index contributed by atoms with van der Waals surface area (Å²) in [4.78, 5) is 62.7. The van der Waals surface area contributed by atoms with Crippen LogP contribution in [0, 0.1) is 39.9 Å². The number of amides is 2. The highest BCUT2D eigenvalue weighted by molar-refractivity contribution is 14.1. The molecular weight excluding hydrogens is 629 g/mol. The van der Waals surface area contributed by atoms with Gasteiger partial charge in [0.05, 0.1) is 30.2 Å². The molecule has 1 aliphatic carbocycles. The lowest BCUT2D eigenvalue weighted by molar-refractivity contribution is -0.155. The van der Waals surface area contributed by atoms with Crippen molar-refractivity contribution in [2.75, 3.05) is 13.1 Å². The van der Waals surface area contributed by atoms with Crippen molar-refractivity contribution in [3.8, 4) is 0 Å². The largest absolute Gasteiger partial charge is 0.481 e. The van der Waals surface area contributed by atoms with Gasteiger partial charge in [-0.2, -0.15) is 0 Å². The average molecular weight is 680 g/mol. The lowest BCUT2D eigenvalue weighted by Crippen LogP contribution is -2.54. The first kappa shape index (κ1) is 36.3. The van der Waals surface area contributed by atoms with Crippen LogP contribution in [0.25, 0.3) is 0 Å². The van der Waals surface area contributed by atoms with E-state index in [1.54, 1.807) is 43.4 Å². The highest BCUT2D eigenvalue weighted by Gasteiger charge is 2.51. The molecule has 0 spiro atoms. The fourth-order valence-electron chi connectivity index (χ4n) is 5.86. The molecule has 40 heavy (non-hydrogen) atoms. The topological polar surface area (TPSA) is 176 Å². The molecule has 6 N–H and O–H groups in total. The zero-order valence-corrected chi connectivity index (χ0v) is 27.3. The van der Waals surface area contributed by atoms with Gasteiger partial charge in [-0.1, -0.05) is 54.9 Å². The Labute approximate surface area is 252 Å². The lowest BCUT2D eigenvalue weighted by atomic mass is 9.55. The number of carboxylic acids is 2. The number of carbonyl (C=O) groups is 5. The van der Waals surface area contributed by atoms with E-state index in [0.717, 1.165) is 19.3 Å². The van der Waals surface area contributed by atoms with E-state index in [4.69, 9.17) is 5.73 Å². The zero-order chi connectivity index (χ0) is 31.1. The van der Waals surface area contributed by atoms with Gasteiger partial charge in [0.1, 0.15) is 0 Å². The van der Waals surface area contributed by atoms with Gasteiger partial charge in [-0.25, -0.2) is 0 Å². The van der Waals surface area contributed by atoms with E-state index in [2.05, 4.69) is 10.6 Å². The van der Waals surface area contributed by atoms with Gasteiger partial charge in [0, 0.05) is 28.6 Å². The van der Waals surface area contributed by atoms with Crippen molar-refractivity contribution in [2.24, 2.45) is 45.7 Å². The zero-order valence-electron chi connectivity index (χ0n) is 25.1. The van der Waals surface area contributed by atoms with E-state index in [9.17, 15) is 34.2 Å². The Morgan fingerprint density at radius 2 is 1.40 bits per heavy atom. The van der Waals surface area contributed by atoms with E-state index in [0.29, 0.717) is 12.8 Å². The summed E-state index contributed by atoms with van der Waals surface area (Å²) in [5.41, 5.74) is 3.75. The molecule has 0 aliphatic heterocycles. The van der Waals surface area contributed by atoms with Gasteiger partial charge in [-0.15, -0.1) is 0 Å². The van der Waals surface area contributed by atoms with E-state index in [1.807, 2.05) is 27.7 Å². The van der Waals surface area contributed by atoms with Crippen molar-refractivity contribution >= 4 is 50.1 Å². The van der Waals surface area contributed by atoms with Crippen LogP contribution in [0.4, 0.5) is 0 Å². The van der Waals surface area contributed by atoms with E-state index >= 15 is 0 Å². The number of carbonyl (C=O) groups excluding carboxylic acids is 3. The third kappa shape index (κ3) is 9.66. The number of aliphatic carboxylic acids is 2. The van der Waals surface area contributed by atoms with Crippen LogP contribution in [-0.4, -0.2) is 56.9 Å². The maximum absolute atomic E-state index is 13.6. The molecular formula is C29H50IN3O7. The number of nitrogens with two attached hydrogens (primary N) is 1. The minimum atomic E-state index is -1.08. The Morgan fingerprint density at radius 1 is 0.875 bits per heavy atom. The second kappa shape index (κ2) is 14.9.